The Morgan fingerprint density at radius 3 is 2.03 bits per heavy atom. The highest BCUT2D eigenvalue weighted by Gasteiger charge is 2.26. The molecule has 0 unspecified atom stereocenters. The summed E-state index contributed by atoms with van der Waals surface area (Å²) in [6, 6.07) is 17.2. The first-order chi connectivity index (χ1) is 17.1. The SMILES string of the molecule is Cc1ccc(NS(=O)(=O)c2ccc(C(=O)Nc3cc(S(=O)(=O)N4CCCCC4)ccc3C)cc2)cc1. The third-order valence-electron chi connectivity index (χ3n) is 6.14. The number of piperidine rings is 1. The van der Waals surface area contributed by atoms with Gasteiger partial charge in [-0.15, -0.1) is 0 Å². The molecular weight excluding hydrogens is 498 g/mol. The molecule has 3 aromatic rings. The van der Waals surface area contributed by atoms with Gasteiger partial charge in [0.1, 0.15) is 0 Å². The Morgan fingerprint density at radius 1 is 0.778 bits per heavy atom. The number of amides is 1. The topological polar surface area (TPSA) is 113 Å². The molecule has 0 aliphatic carbocycles. The summed E-state index contributed by atoms with van der Waals surface area (Å²) in [5.74, 6) is -0.471. The van der Waals surface area contributed by atoms with Crippen molar-refractivity contribution in [2.45, 2.75) is 42.9 Å². The molecule has 0 saturated carbocycles. The van der Waals surface area contributed by atoms with Crippen LogP contribution in [-0.2, 0) is 20.0 Å². The largest absolute Gasteiger partial charge is 0.322 e. The van der Waals surface area contributed by atoms with E-state index in [-0.39, 0.29) is 15.4 Å². The number of rotatable bonds is 7. The second kappa shape index (κ2) is 10.4. The molecule has 0 spiro atoms. The number of nitrogens with one attached hydrogen (secondary N) is 2. The first-order valence-electron chi connectivity index (χ1n) is 11.7. The highest BCUT2D eigenvalue weighted by molar-refractivity contribution is 7.92. The fraction of sp³-hybridized carbons (Fsp3) is 0.269. The summed E-state index contributed by atoms with van der Waals surface area (Å²) < 4.78 is 55.5. The van der Waals surface area contributed by atoms with Gasteiger partial charge in [-0.25, -0.2) is 16.8 Å². The maximum atomic E-state index is 13.0. The van der Waals surface area contributed by atoms with E-state index >= 15 is 0 Å². The summed E-state index contributed by atoms with van der Waals surface area (Å²) in [7, 11) is -7.46. The Kier molecular flexibility index (Phi) is 7.49. The molecule has 8 nitrogen and oxygen atoms in total. The van der Waals surface area contributed by atoms with Gasteiger partial charge >= 0.3 is 0 Å². The average Bonchev–Trinajstić information content (AvgIpc) is 2.87. The van der Waals surface area contributed by atoms with Gasteiger partial charge in [0.05, 0.1) is 9.79 Å². The molecule has 36 heavy (non-hydrogen) atoms. The molecule has 1 heterocycles. The van der Waals surface area contributed by atoms with E-state index < -0.39 is 26.0 Å². The van der Waals surface area contributed by atoms with E-state index in [0.29, 0.717) is 30.0 Å². The minimum Gasteiger partial charge on any atom is -0.322 e. The molecule has 10 heteroatoms. The van der Waals surface area contributed by atoms with Gasteiger partial charge in [0.25, 0.3) is 15.9 Å². The van der Waals surface area contributed by atoms with E-state index in [2.05, 4.69) is 10.0 Å². The number of aryl methyl sites for hydroxylation is 2. The van der Waals surface area contributed by atoms with E-state index in [4.69, 9.17) is 0 Å². The van der Waals surface area contributed by atoms with Crippen molar-refractivity contribution in [3.05, 3.63) is 83.4 Å². The lowest BCUT2D eigenvalue weighted by atomic mass is 10.1. The quantitative estimate of drug-likeness (QED) is 0.469. The van der Waals surface area contributed by atoms with Crippen molar-refractivity contribution in [2.24, 2.45) is 0 Å². The van der Waals surface area contributed by atoms with E-state index in [1.165, 1.54) is 34.6 Å². The summed E-state index contributed by atoms with van der Waals surface area (Å²) >= 11 is 0. The van der Waals surface area contributed by atoms with Gasteiger partial charge in [-0.3, -0.25) is 9.52 Å². The summed E-state index contributed by atoms with van der Waals surface area (Å²) in [6.07, 6.45) is 2.69. The van der Waals surface area contributed by atoms with Crippen LogP contribution in [0.5, 0.6) is 0 Å². The van der Waals surface area contributed by atoms with Crippen LogP contribution < -0.4 is 10.0 Å². The Morgan fingerprint density at radius 2 is 1.39 bits per heavy atom. The molecule has 1 aliphatic heterocycles. The number of anilines is 2. The number of carbonyl (C=O) groups excluding carboxylic acids is 1. The van der Waals surface area contributed by atoms with Crippen molar-refractivity contribution < 1.29 is 21.6 Å². The van der Waals surface area contributed by atoms with Crippen molar-refractivity contribution in [3.8, 4) is 0 Å². The first-order valence-corrected chi connectivity index (χ1v) is 14.6. The first kappa shape index (κ1) is 25.9. The zero-order valence-corrected chi connectivity index (χ0v) is 21.8. The van der Waals surface area contributed by atoms with Crippen molar-refractivity contribution in [1.29, 1.82) is 0 Å². The van der Waals surface area contributed by atoms with E-state index in [9.17, 15) is 21.6 Å². The van der Waals surface area contributed by atoms with Gasteiger partial charge < -0.3 is 5.32 Å². The van der Waals surface area contributed by atoms with Gasteiger partial charge in [0.2, 0.25) is 10.0 Å². The van der Waals surface area contributed by atoms with Crippen LogP contribution in [0.15, 0.2) is 76.5 Å². The fourth-order valence-electron chi connectivity index (χ4n) is 3.97. The average molecular weight is 528 g/mol. The molecule has 1 aliphatic rings. The number of hydrogen-bond donors (Lipinski definition) is 2. The maximum Gasteiger partial charge on any atom is 0.261 e. The monoisotopic (exact) mass is 527 g/mol. The smallest absolute Gasteiger partial charge is 0.261 e. The number of benzene rings is 3. The van der Waals surface area contributed by atoms with Crippen LogP contribution in [0.25, 0.3) is 0 Å². The second-order valence-corrected chi connectivity index (χ2v) is 12.5. The highest BCUT2D eigenvalue weighted by Crippen LogP contribution is 2.26. The van der Waals surface area contributed by atoms with E-state index in [1.54, 1.807) is 43.3 Å². The summed E-state index contributed by atoms with van der Waals surface area (Å²) in [5.41, 5.74) is 2.79. The van der Waals surface area contributed by atoms with Crippen molar-refractivity contribution in [1.82, 2.24) is 4.31 Å². The molecule has 4 rings (SSSR count). The Bertz CT molecular complexity index is 1460. The highest BCUT2D eigenvalue weighted by atomic mass is 32.2. The fourth-order valence-corrected chi connectivity index (χ4v) is 6.57. The van der Waals surface area contributed by atoms with Crippen LogP contribution in [0.3, 0.4) is 0 Å². The minimum absolute atomic E-state index is 0.0189. The summed E-state index contributed by atoms with van der Waals surface area (Å²) in [4.78, 5) is 13.0. The predicted octanol–water partition coefficient (Wildman–Crippen LogP) is 4.53. The maximum absolute atomic E-state index is 13.0. The van der Waals surface area contributed by atoms with Crippen molar-refractivity contribution >= 4 is 37.3 Å². The Balaban J connectivity index is 1.49. The Labute approximate surface area is 212 Å². The van der Waals surface area contributed by atoms with Gasteiger partial charge in [0, 0.05) is 30.0 Å². The third kappa shape index (κ3) is 5.77. The van der Waals surface area contributed by atoms with Crippen molar-refractivity contribution in [2.75, 3.05) is 23.1 Å². The van der Waals surface area contributed by atoms with E-state index in [0.717, 1.165) is 24.8 Å². The summed E-state index contributed by atoms with van der Waals surface area (Å²) in [5, 5.41) is 2.76. The van der Waals surface area contributed by atoms with Crippen LogP contribution in [-0.4, -0.2) is 40.1 Å². The molecule has 3 aromatic carbocycles. The minimum atomic E-state index is -3.82. The zero-order chi connectivity index (χ0) is 25.9. The molecule has 0 bridgehead atoms. The van der Waals surface area contributed by atoms with Gasteiger partial charge in [-0.2, -0.15) is 4.31 Å². The standard InChI is InChI=1S/C26H29N3O5S2/c1-19-6-11-22(12-7-19)28-35(31,32)23-14-9-21(10-15-23)26(30)27-25-18-24(13-8-20(25)2)36(33,34)29-16-4-3-5-17-29/h6-15,18,28H,3-5,16-17H2,1-2H3,(H,27,30). The molecule has 2 N–H and O–H groups in total. The van der Waals surface area contributed by atoms with Gasteiger partial charge in [-0.05, 0) is 80.8 Å². The lowest BCUT2D eigenvalue weighted by Crippen LogP contribution is -2.35. The Hall–Kier alpha value is -3.21. The molecule has 190 valence electrons. The van der Waals surface area contributed by atoms with Crippen LogP contribution in [0, 0.1) is 13.8 Å². The number of nitrogens with zero attached hydrogens (tertiary/aromatic N) is 1. The lowest BCUT2D eigenvalue weighted by Gasteiger charge is -2.26. The molecule has 0 aromatic heterocycles. The zero-order valence-electron chi connectivity index (χ0n) is 20.2. The van der Waals surface area contributed by atoms with Crippen LogP contribution in [0.1, 0.15) is 40.7 Å². The number of carbonyl (C=O) groups is 1. The van der Waals surface area contributed by atoms with Crippen molar-refractivity contribution in [3.63, 3.8) is 0 Å². The predicted molar refractivity (Wildman–Crippen MR) is 140 cm³/mol. The normalized spacial score (nSPS) is 14.8. The molecule has 0 radical (unpaired) electrons. The molecular formula is C26H29N3O5S2. The van der Waals surface area contributed by atoms with Crippen LogP contribution in [0.4, 0.5) is 11.4 Å². The second-order valence-electron chi connectivity index (χ2n) is 8.89. The molecule has 1 amide bonds. The summed E-state index contributed by atoms with van der Waals surface area (Å²) in [6.45, 7) is 4.67. The number of hydrogen-bond acceptors (Lipinski definition) is 5. The van der Waals surface area contributed by atoms with E-state index in [1.807, 2.05) is 6.92 Å². The molecule has 1 fully saturated rings. The lowest BCUT2D eigenvalue weighted by molar-refractivity contribution is 0.102. The third-order valence-corrected chi connectivity index (χ3v) is 9.43. The van der Waals surface area contributed by atoms with Gasteiger partial charge in [-0.1, -0.05) is 30.2 Å². The molecule has 0 atom stereocenters. The van der Waals surface area contributed by atoms with Crippen LogP contribution >= 0.6 is 0 Å². The number of sulfonamides is 2. The molecule has 1 saturated heterocycles. The van der Waals surface area contributed by atoms with Crippen LogP contribution in [0.2, 0.25) is 0 Å². The van der Waals surface area contributed by atoms with Gasteiger partial charge in [0.15, 0.2) is 0 Å².